The van der Waals surface area contributed by atoms with Gasteiger partial charge in [-0.1, -0.05) is 23.7 Å². The molecule has 2 amide bonds. The van der Waals surface area contributed by atoms with Crippen LogP contribution in [0.25, 0.3) is 0 Å². The molecule has 2 rings (SSSR count). The summed E-state index contributed by atoms with van der Waals surface area (Å²) in [7, 11) is 1.59. The first-order valence-electron chi connectivity index (χ1n) is 7.79. The maximum atomic E-state index is 12.5. The van der Waals surface area contributed by atoms with Crippen molar-refractivity contribution in [3.63, 3.8) is 0 Å². The Kier molecular flexibility index (Phi) is 6.02. The van der Waals surface area contributed by atoms with Gasteiger partial charge in [-0.05, 0) is 37.5 Å². The van der Waals surface area contributed by atoms with E-state index in [0.717, 1.165) is 5.56 Å². The first-order valence-corrected chi connectivity index (χ1v) is 8.17. The molecule has 1 aliphatic rings. The predicted octanol–water partition coefficient (Wildman–Crippen LogP) is 2.03. The molecule has 1 aliphatic heterocycles. The Morgan fingerprint density at radius 1 is 1.39 bits per heavy atom. The average molecular weight is 339 g/mol. The van der Waals surface area contributed by atoms with Gasteiger partial charge in [0, 0.05) is 31.6 Å². The van der Waals surface area contributed by atoms with E-state index in [4.69, 9.17) is 16.3 Å². The number of nitrogens with zero attached hydrogens (tertiary/aromatic N) is 1. The third-order valence-corrected chi connectivity index (χ3v) is 4.59. The van der Waals surface area contributed by atoms with Gasteiger partial charge >= 0.3 is 0 Å². The Hall–Kier alpha value is -1.59. The van der Waals surface area contributed by atoms with Crippen LogP contribution in [0.5, 0.6) is 0 Å². The monoisotopic (exact) mass is 338 g/mol. The Labute approximate surface area is 141 Å². The lowest BCUT2D eigenvalue weighted by atomic mass is 9.97. The van der Waals surface area contributed by atoms with Crippen LogP contribution in [0.2, 0.25) is 5.02 Å². The summed E-state index contributed by atoms with van der Waals surface area (Å²) in [6.45, 7) is 3.27. The maximum absolute atomic E-state index is 12.5. The van der Waals surface area contributed by atoms with Gasteiger partial charge in [0.25, 0.3) is 0 Å². The minimum atomic E-state index is -0.781. The molecule has 1 heterocycles. The van der Waals surface area contributed by atoms with E-state index in [1.54, 1.807) is 12.0 Å². The molecule has 0 aromatic heterocycles. The smallest absolute Gasteiger partial charge is 0.245 e. The normalized spacial score (nSPS) is 20.8. The summed E-state index contributed by atoms with van der Waals surface area (Å²) >= 11 is 5.88. The number of hydrogen-bond acceptors (Lipinski definition) is 3. The number of carbonyl (C=O) groups is 2. The van der Waals surface area contributed by atoms with E-state index in [0.29, 0.717) is 44.0 Å². The van der Waals surface area contributed by atoms with Crippen molar-refractivity contribution >= 4 is 23.4 Å². The number of likely N-dealkylation sites (tertiary alicyclic amines) is 1. The van der Waals surface area contributed by atoms with Gasteiger partial charge in [0.05, 0.1) is 6.61 Å². The van der Waals surface area contributed by atoms with E-state index in [1.807, 2.05) is 31.2 Å². The molecule has 0 radical (unpaired) electrons. The maximum Gasteiger partial charge on any atom is 0.245 e. The lowest BCUT2D eigenvalue weighted by Crippen LogP contribution is -2.55. The zero-order valence-electron chi connectivity index (χ0n) is 13.6. The standard InChI is InChI=1S/C17H23ClN2O3/c1-17(16(22)19-10-12-23-2)9-7-15(21)20(17)11-8-13-3-5-14(18)6-4-13/h3-6H,7-12H2,1-2H3,(H,19,22). The lowest BCUT2D eigenvalue weighted by Gasteiger charge is -2.34. The third kappa shape index (κ3) is 4.24. The highest BCUT2D eigenvalue weighted by molar-refractivity contribution is 6.30. The third-order valence-electron chi connectivity index (χ3n) is 4.34. The van der Waals surface area contributed by atoms with Gasteiger partial charge in [-0.2, -0.15) is 0 Å². The average Bonchev–Trinajstić information content (AvgIpc) is 2.83. The molecule has 0 saturated carbocycles. The number of ether oxygens (including phenoxy) is 1. The topological polar surface area (TPSA) is 58.6 Å². The molecular formula is C17H23ClN2O3. The molecule has 1 aromatic rings. The molecular weight excluding hydrogens is 316 g/mol. The molecule has 0 spiro atoms. The molecule has 6 heteroatoms. The molecule has 1 unspecified atom stereocenters. The van der Waals surface area contributed by atoms with E-state index in [1.165, 1.54) is 0 Å². The van der Waals surface area contributed by atoms with E-state index < -0.39 is 5.54 Å². The quantitative estimate of drug-likeness (QED) is 0.774. The zero-order valence-corrected chi connectivity index (χ0v) is 14.4. The van der Waals surface area contributed by atoms with Crippen molar-refractivity contribution in [3.8, 4) is 0 Å². The molecule has 1 fully saturated rings. The number of carbonyl (C=O) groups excluding carboxylic acids is 2. The second-order valence-corrected chi connectivity index (χ2v) is 6.38. The van der Waals surface area contributed by atoms with Crippen LogP contribution in [0.3, 0.4) is 0 Å². The fourth-order valence-electron chi connectivity index (χ4n) is 2.85. The van der Waals surface area contributed by atoms with Gasteiger partial charge in [0.15, 0.2) is 0 Å². The van der Waals surface area contributed by atoms with Crippen LogP contribution in [-0.2, 0) is 20.7 Å². The minimum absolute atomic E-state index is 0.0309. The van der Waals surface area contributed by atoms with E-state index in [2.05, 4.69) is 5.32 Å². The van der Waals surface area contributed by atoms with Gasteiger partial charge in [0.2, 0.25) is 11.8 Å². The van der Waals surface area contributed by atoms with Crippen LogP contribution >= 0.6 is 11.6 Å². The van der Waals surface area contributed by atoms with Crippen LogP contribution in [0.15, 0.2) is 24.3 Å². The number of halogens is 1. The summed E-state index contributed by atoms with van der Waals surface area (Å²) in [6.07, 6.45) is 1.66. The molecule has 1 aromatic carbocycles. The van der Waals surface area contributed by atoms with Gasteiger partial charge in [0.1, 0.15) is 5.54 Å². The molecule has 23 heavy (non-hydrogen) atoms. The molecule has 1 N–H and O–H groups in total. The van der Waals surface area contributed by atoms with Gasteiger partial charge in [-0.3, -0.25) is 9.59 Å². The Morgan fingerprint density at radius 3 is 2.74 bits per heavy atom. The van der Waals surface area contributed by atoms with Crippen molar-refractivity contribution in [1.82, 2.24) is 10.2 Å². The molecule has 5 nitrogen and oxygen atoms in total. The van der Waals surface area contributed by atoms with Crippen molar-refractivity contribution in [2.24, 2.45) is 0 Å². The summed E-state index contributed by atoms with van der Waals surface area (Å²) in [5.41, 5.74) is 0.313. The number of benzene rings is 1. The summed E-state index contributed by atoms with van der Waals surface area (Å²) in [5, 5.41) is 3.54. The van der Waals surface area contributed by atoms with Gasteiger partial charge in [-0.25, -0.2) is 0 Å². The number of methoxy groups -OCH3 is 1. The highest BCUT2D eigenvalue weighted by Crippen LogP contribution is 2.30. The van der Waals surface area contributed by atoms with Crippen LogP contribution in [0, 0.1) is 0 Å². The zero-order chi connectivity index (χ0) is 16.9. The highest BCUT2D eigenvalue weighted by atomic mass is 35.5. The number of nitrogens with one attached hydrogen (secondary N) is 1. The summed E-state index contributed by atoms with van der Waals surface area (Å²) in [4.78, 5) is 26.4. The van der Waals surface area contributed by atoms with Crippen molar-refractivity contribution in [3.05, 3.63) is 34.9 Å². The Morgan fingerprint density at radius 2 is 2.09 bits per heavy atom. The largest absolute Gasteiger partial charge is 0.383 e. The summed E-state index contributed by atoms with van der Waals surface area (Å²) < 4.78 is 4.94. The van der Waals surface area contributed by atoms with E-state index >= 15 is 0 Å². The lowest BCUT2D eigenvalue weighted by molar-refractivity contribution is -0.140. The Bertz CT molecular complexity index is 561. The van der Waals surface area contributed by atoms with Gasteiger partial charge < -0.3 is 15.0 Å². The van der Waals surface area contributed by atoms with Crippen molar-refractivity contribution in [1.29, 1.82) is 0 Å². The molecule has 1 atom stereocenters. The number of amides is 2. The van der Waals surface area contributed by atoms with E-state index in [-0.39, 0.29) is 11.8 Å². The molecule has 126 valence electrons. The summed E-state index contributed by atoms with van der Waals surface area (Å²) in [6, 6.07) is 7.55. The number of rotatable bonds is 7. The minimum Gasteiger partial charge on any atom is -0.383 e. The fraction of sp³-hybridized carbons (Fsp3) is 0.529. The first-order chi connectivity index (χ1) is 11.0. The molecule has 1 saturated heterocycles. The SMILES string of the molecule is COCCNC(=O)C1(C)CCC(=O)N1CCc1ccc(Cl)cc1. The Balaban J connectivity index is 2.00. The second kappa shape index (κ2) is 7.79. The van der Waals surface area contributed by atoms with Crippen molar-refractivity contribution in [2.45, 2.75) is 31.7 Å². The van der Waals surface area contributed by atoms with Crippen LogP contribution in [0.4, 0.5) is 0 Å². The highest BCUT2D eigenvalue weighted by Gasteiger charge is 2.46. The number of hydrogen-bond donors (Lipinski definition) is 1. The van der Waals surface area contributed by atoms with Crippen molar-refractivity contribution < 1.29 is 14.3 Å². The van der Waals surface area contributed by atoms with E-state index in [9.17, 15) is 9.59 Å². The van der Waals surface area contributed by atoms with Crippen LogP contribution in [0.1, 0.15) is 25.3 Å². The summed E-state index contributed by atoms with van der Waals surface area (Å²) in [5.74, 6) is -0.0835. The first kappa shape index (κ1) is 17.8. The molecule has 0 bridgehead atoms. The van der Waals surface area contributed by atoms with Crippen LogP contribution < -0.4 is 5.32 Å². The fourth-order valence-corrected chi connectivity index (χ4v) is 2.98. The van der Waals surface area contributed by atoms with Crippen molar-refractivity contribution in [2.75, 3.05) is 26.8 Å². The van der Waals surface area contributed by atoms with Gasteiger partial charge in [-0.15, -0.1) is 0 Å². The molecule has 0 aliphatic carbocycles. The van der Waals surface area contributed by atoms with Crippen LogP contribution in [-0.4, -0.2) is 49.1 Å². The predicted molar refractivity (Wildman–Crippen MR) is 89.4 cm³/mol. The second-order valence-electron chi connectivity index (χ2n) is 5.94.